The molecule has 0 spiro atoms. The number of ether oxygens (including phenoxy) is 1. The van der Waals surface area contributed by atoms with Crippen LogP contribution in [0.5, 0.6) is 5.75 Å². The highest BCUT2D eigenvalue weighted by Crippen LogP contribution is 2.35. The molecule has 21 heavy (non-hydrogen) atoms. The largest absolute Gasteiger partial charge is 0.488 e. The van der Waals surface area contributed by atoms with Crippen LogP contribution in [-0.4, -0.2) is 12.6 Å². The number of halogens is 1. The van der Waals surface area contributed by atoms with Crippen LogP contribution < -0.4 is 10.1 Å². The summed E-state index contributed by atoms with van der Waals surface area (Å²) < 4.78 is 6.00. The van der Waals surface area contributed by atoms with E-state index < -0.39 is 0 Å². The highest BCUT2D eigenvalue weighted by Gasteiger charge is 2.25. The Morgan fingerprint density at radius 3 is 2.86 bits per heavy atom. The number of hydrogen-bond acceptors (Lipinski definition) is 2. The van der Waals surface area contributed by atoms with Gasteiger partial charge in [0, 0.05) is 28.6 Å². The molecule has 0 aliphatic heterocycles. The van der Waals surface area contributed by atoms with E-state index in [9.17, 15) is 0 Å². The summed E-state index contributed by atoms with van der Waals surface area (Å²) in [6.07, 6.45) is 4.37. The Kier molecular flexibility index (Phi) is 4.47. The van der Waals surface area contributed by atoms with Crippen LogP contribution in [0.25, 0.3) is 10.8 Å². The van der Waals surface area contributed by atoms with Crippen molar-refractivity contribution in [3.05, 3.63) is 53.6 Å². The Labute approximate surface area is 130 Å². The molecule has 3 rings (SSSR count). The normalized spacial score (nSPS) is 16.5. The van der Waals surface area contributed by atoms with E-state index in [0.29, 0.717) is 12.6 Å². The quantitative estimate of drug-likeness (QED) is 0.828. The molecule has 1 aliphatic rings. The van der Waals surface area contributed by atoms with Gasteiger partial charge in [0.05, 0.1) is 0 Å². The van der Waals surface area contributed by atoms with Crippen LogP contribution in [0.15, 0.2) is 48.0 Å². The number of benzene rings is 2. The van der Waals surface area contributed by atoms with Gasteiger partial charge in [-0.3, -0.25) is 0 Å². The first-order valence-corrected chi connectivity index (χ1v) is 7.89. The van der Waals surface area contributed by atoms with E-state index in [4.69, 9.17) is 16.3 Å². The third-order valence-electron chi connectivity index (χ3n) is 3.85. The number of fused-ring (bicyclic) bond motifs is 1. The van der Waals surface area contributed by atoms with Crippen LogP contribution in [0.2, 0.25) is 0 Å². The second-order valence-corrected chi connectivity index (χ2v) is 5.79. The lowest BCUT2D eigenvalue weighted by molar-refractivity contribution is 0.358. The van der Waals surface area contributed by atoms with E-state index in [-0.39, 0.29) is 6.04 Å². The van der Waals surface area contributed by atoms with Gasteiger partial charge in [0.15, 0.2) is 0 Å². The lowest BCUT2D eigenvalue weighted by atomic mass is 10.0. The van der Waals surface area contributed by atoms with Gasteiger partial charge in [-0.25, -0.2) is 0 Å². The first-order valence-electron chi connectivity index (χ1n) is 7.45. The molecule has 2 aromatic carbocycles. The van der Waals surface area contributed by atoms with Crippen LogP contribution in [0.4, 0.5) is 0 Å². The molecule has 1 saturated carbocycles. The summed E-state index contributed by atoms with van der Waals surface area (Å²) in [5.41, 5.74) is 2.71. The zero-order valence-corrected chi connectivity index (χ0v) is 12.9. The Hall–Kier alpha value is -1.51. The van der Waals surface area contributed by atoms with Crippen molar-refractivity contribution in [3.8, 4) is 5.75 Å². The van der Waals surface area contributed by atoms with Crippen LogP contribution in [-0.2, 0) is 0 Å². The van der Waals surface area contributed by atoms with Crippen LogP contribution in [0.1, 0.15) is 31.4 Å². The molecule has 2 aromatic rings. The SMILES string of the molecule is CC(NC1CC1)c1ccc2ccccc2c1OC/C=C/Cl. The molecule has 0 amide bonds. The van der Waals surface area contributed by atoms with Gasteiger partial charge in [0.2, 0.25) is 0 Å². The monoisotopic (exact) mass is 301 g/mol. The zero-order chi connectivity index (χ0) is 14.7. The minimum Gasteiger partial charge on any atom is -0.488 e. The van der Waals surface area contributed by atoms with Crippen LogP contribution >= 0.6 is 11.6 Å². The second kappa shape index (κ2) is 6.50. The molecular weight excluding hydrogens is 282 g/mol. The standard InChI is InChI=1S/C18H20ClNO/c1-13(20-15-8-9-15)16-10-7-14-5-2-3-6-17(14)18(16)21-12-4-11-19/h2-7,10-11,13,15,20H,8-9,12H2,1H3/b11-4+. The molecule has 0 bridgehead atoms. The molecule has 110 valence electrons. The number of hydrogen-bond donors (Lipinski definition) is 1. The molecule has 0 aromatic heterocycles. The van der Waals surface area contributed by atoms with Crippen molar-refractivity contribution in [3.63, 3.8) is 0 Å². The predicted octanol–water partition coefficient (Wildman–Crippen LogP) is 4.78. The first-order chi connectivity index (χ1) is 10.3. The minimum atomic E-state index is 0.289. The molecule has 1 N–H and O–H groups in total. The molecule has 1 unspecified atom stereocenters. The zero-order valence-electron chi connectivity index (χ0n) is 12.2. The lowest BCUT2D eigenvalue weighted by Gasteiger charge is -2.19. The smallest absolute Gasteiger partial charge is 0.132 e. The van der Waals surface area contributed by atoms with Crippen LogP contribution in [0.3, 0.4) is 0 Å². The topological polar surface area (TPSA) is 21.3 Å². The lowest BCUT2D eigenvalue weighted by Crippen LogP contribution is -2.21. The molecule has 0 saturated heterocycles. The van der Waals surface area contributed by atoms with E-state index in [2.05, 4.69) is 48.6 Å². The average molecular weight is 302 g/mol. The Morgan fingerprint density at radius 2 is 2.10 bits per heavy atom. The van der Waals surface area contributed by atoms with Crippen molar-refractivity contribution in [2.45, 2.75) is 31.8 Å². The van der Waals surface area contributed by atoms with Gasteiger partial charge < -0.3 is 10.1 Å². The van der Waals surface area contributed by atoms with Crippen molar-refractivity contribution in [2.75, 3.05) is 6.61 Å². The van der Waals surface area contributed by atoms with Gasteiger partial charge in [-0.1, -0.05) is 48.0 Å². The maximum Gasteiger partial charge on any atom is 0.132 e. The molecule has 0 heterocycles. The molecule has 1 atom stereocenters. The summed E-state index contributed by atoms with van der Waals surface area (Å²) in [6, 6.07) is 13.6. The van der Waals surface area contributed by atoms with Gasteiger partial charge in [-0.05, 0) is 31.2 Å². The second-order valence-electron chi connectivity index (χ2n) is 5.54. The van der Waals surface area contributed by atoms with Gasteiger partial charge in [0.25, 0.3) is 0 Å². The van der Waals surface area contributed by atoms with Crippen molar-refractivity contribution < 1.29 is 4.74 Å². The summed E-state index contributed by atoms with van der Waals surface area (Å²) in [5, 5.41) is 6.00. The Balaban J connectivity index is 1.97. The number of rotatable bonds is 6. The van der Waals surface area contributed by atoms with E-state index in [1.54, 1.807) is 0 Å². The van der Waals surface area contributed by atoms with Crippen LogP contribution in [0, 0.1) is 0 Å². The van der Waals surface area contributed by atoms with Crippen molar-refractivity contribution in [1.82, 2.24) is 5.32 Å². The van der Waals surface area contributed by atoms with E-state index >= 15 is 0 Å². The van der Waals surface area contributed by atoms with E-state index in [0.717, 1.165) is 11.1 Å². The third kappa shape index (κ3) is 3.39. The maximum atomic E-state index is 6.00. The Morgan fingerprint density at radius 1 is 1.29 bits per heavy atom. The molecule has 3 heteroatoms. The van der Waals surface area contributed by atoms with E-state index in [1.807, 2.05) is 6.08 Å². The van der Waals surface area contributed by atoms with Gasteiger partial charge in [-0.15, -0.1) is 0 Å². The highest BCUT2D eigenvalue weighted by atomic mass is 35.5. The fraction of sp³-hybridized carbons (Fsp3) is 0.333. The third-order valence-corrected chi connectivity index (χ3v) is 4.03. The van der Waals surface area contributed by atoms with Crippen molar-refractivity contribution >= 4 is 22.4 Å². The molecular formula is C18H20ClNO. The molecule has 1 fully saturated rings. The van der Waals surface area contributed by atoms with Crippen molar-refractivity contribution in [2.24, 2.45) is 0 Å². The van der Waals surface area contributed by atoms with Crippen molar-refractivity contribution in [1.29, 1.82) is 0 Å². The van der Waals surface area contributed by atoms with Gasteiger partial charge >= 0.3 is 0 Å². The summed E-state index contributed by atoms with van der Waals surface area (Å²) >= 11 is 5.59. The number of nitrogens with one attached hydrogen (secondary N) is 1. The fourth-order valence-electron chi connectivity index (χ4n) is 2.62. The minimum absolute atomic E-state index is 0.289. The van der Waals surface area contributed by atoms with E-state index in [1.165, 1.54) is 29.3 Å². The highest BCUT2D eigenvalue weighted by molar-refractivity contribution is 6.25. The summed E-state index contributed by atoms with van der Waals surface area (Å²) in [4.78, 5) is 0. The molecule has 2 nitrogen and oxygen atoms in total. The first kappa shape index (κ1) is 14.4. The summed E-state index contributed by atoms with van der Waals surface area (Å²) in [6.45, 7) is 2.69. The van der Waals surface area contributed by atoms with Gasteiger partial charge in [-0.2, -0.15) is 0 Å². The average Bonchev–Trinajstić information content (AvgIpc) is 3.31. The summed E-state index contributed by atoms with van der Waals surface area (Å²) in [5.74, 6) is 0.962. The molecule has 1 aliphatic carbocycles. The van der Waals surface area contributed by atoms with Gasteiger partial charge in [0.1, 0.15) is 12.4 Å². The predicted molar refractivity (Wildman–Crippen MR) is 89.0 cm³/mol. The molecule has 0 radical (unpaired) electrons. The maximum absolute atomic E-state index is 6.00. The Bertz CT molecular complexity index is 649. The summed E-state index contributed by atoms with van der Waals surface area (Å²) in [7, 11) is 0. The fourth-order valence-corrected chi connectivity index (χ4v) is 2.70.